The Bertz CT molecular complexity index is 380. The molecule has 74 valence electrons. The lowest BCUT2D eigenvalue weighted by atomic mass is 10.0. The van der Waals surface area contributed by atoms with Gasteiger partial charge in [-0.3, -0.25) is 0 Å². The zero-order chi connectivity index (χ0) is 10.7. The molecule has 0 unspecified atom stereocenters. The molecule has 0 aliphatic carbocycles. The van der Waals surface area contributed by atoms with Gasteiger partial charge in [0.2, 0.25) is 0 Å². The second-order valence-electron chi connectivity index (χ2n) is 2.94. The number of hydrogen-bond donors (Lipinski definition) is 1. The second kappa shape index (κ2) is 3.96. The summed E-state index contributed by atoms with van der Waals surface area (Å²) < 4.78 is 5.07. The van der Waals surface area contributed by atoms with Crippen molar-refractivity contribution >= 4 is 11.5 Å². The van der Waals surface area contributed by atoms with Crippen LogP contribution < -0.4 is 4.74 Å². The molecule has 0 aromatic heterocycles. The summed E-state index contributed by atoms with van der Waals surface area (Å²) in [6.45, 7) is 5.34. The Balaban J connectivity index is 3.30. The number of benzene rings is 1. The number of carbonyl (C=O) groups is 1. The molecule has 14 heavy (non-hydrogen) atoms. The van der Waals surface area contributed by atoms with Crippen molar-refractivity contribution in [2.24, 2.45) is 0 Å². The molecule has 0 amide bonds. The van der Waals surface area contributed by atoms with Crippen LogP contribution in [0.3, 0.4) is 0 Å². The molecule has 0 aliphatic heterocycles. The van der Waals surface area contributed by atoms with Crippen LogP contribution in [0.25, 0.3) is 5.57 Å². The molecule has 1 aromatic carbocycles. The molecule has 0 saturated carbocycles. The first-order valence-corrected chi connectivity index (χ1v) is 4.14. The molecular formula is C11H12O3. The fourth-order valence-corrected chi connectivity index (χ4v) is 1.30. The van der Waals surface area contributed by atoms with Gasteiger partial charge in [-0.05, 0) is 18.6 Å². The van der Waals surface area contributed by atoms with Gasteiger partial charge < -0.3 is 9.84 Å². The Kier molecular flexibility index (Phi) is 2.92. The maximum atomic E-state index is 10.8. The molecule has 0 bridgehead atoms. The third-order valence-electron chi connectivity index (χ3n) is 2.01. The minimum atomic E-state index is -1.03. The number of aliphatic carboxylic acids is 1. The summed E-state index contributed by atoms with van der Waals surface area (Å²) in [6.07, 6.45) is 0. The number of rotatable bonds is 3. The third-order valence-corrected chi connectivity index (χ3v) is 2.01. The van der Waals surface area contributed by atoms with E-state index in [2.05, 4.69) is 6.58 Å². The Morgan fingerprint density at radius 2 is 2.14 bits per heavy atom. The number of carboxylic acid groups (broad SMARTS) is 1. The van der Waals surface area contributed by atoms with Crippen molar-refractivity contribution in [2.45, 2.75) is 6.92 Å². The molecule has 0 atom stereocenters. The quantitative estimate of drug-likeness (QED) is 0.746. The first kappa shape index (κ1) is 10.3. The van der Waals surface area contributed by atoms with Crippen molar-refractivity contribution < 1.29 is 14.6 Å². The van der Waals surface area contributed by atoms with Gasteiger partial charge >= 0.3 is 5.97 Å². The minimum absolute atomic E-state index is 0.0555. The molecule has 0 spiro atoms. The Labute approximate surface area is 82.6 Å². The lowest BCUT2D eigenvalue weighted by molar-refractivity contribution is -0.130. The standard InChI is InChI=1S/C11H12O3/c1-7-5-4-6-9(14-3)10(7)8(2)11(12)13/h4-6H,2H2,1,3H3,(H,12,13). The molecule has 3 heteroatoms. The van der Waals surface area contributed by atoms with Crippen LogP contribution in [0, 0.1) is 6.92 Å². The van der Waals surface area contributed by atoms with Crippen molar-refractivity contribution in [1.29, 1.82) is 0 Å². The molecule has 0 radical (unpaired) electrons. The van der Waals surface area contributed by atoms with Gasteiger partial charge in [-0.2, -0.15) is 0 Å². The van der Waals surface area contributed by atoms with E-state index in [4.69, 9.17) is 9.84 Å². The van der Waals surface area contributed by atoms with Crippen LogP contribution in [0.4, 0.5) is 0 Å². The number of ether oxygens (including phenoxy) is 1. The van der Waals surface area contributed by atoms with Crippen molar-refractivity contribution in [2.75, 3.05) is 7.11 Å². The molecule has 3 nitrogen and oxygen atoms in total. The van der Waals surface area contributed by atoms with Crippen LogP contribution >= 0.6 is 0 Å². The monoisotopic (exact) mass is 192 g/mol. The second-order valence-corrected chi connectivity index (χ2v) is 2.94. The smallest absolute Gasteiger partial charge is 0.335 e. The van der Waals surface area contributed by atoms with E-state index in [9.17, 15) is 4.79 Å². The largest absolute Gasteiger partial charge is 0.496 e. The topological polar surface area (TPSA) is 46.5 Å². The molecule has 0 heterocycles. The average molecular weight is 192 g/mol. The maximum absolute atomic E-state index is 10.8. The van der Waals surface area contributed by atoms with Crippen LogP contribution in [-0.2, 0) is 4.79 Å². The average Bonchev–Trinajstić information content (AvgIpc) is 2.16. The summed E-state index contributed by atoms with van der Waals surface area (Å²) in [7, 11) is 1.51. The van der Waals surface area contributed by atoms with Crippen molar-refractivity contribution in [3.8, 4) is 5.75 Å². The summed E-state index contributed by atoms with van der Waals surface area (Å²) in [5, 5.41) is 8.82. The van der Waals surface area contributed by atoms with E-state index in [0.29, 0.717) is 11.3 Å². The summed E-state index contributed by atoms with van der Waals surface area (Å²) in [5.41, 5.74) is 1.46. The molecule has 1 aromatic rings. The minimum Gasteiger partial charge on any atom is -0.496 e. The zero-order valence-corrected chi connectivity index (χ0v) is 8.20. The van der Waals surface area contributed by atoms with Crippen LogP contribution in [0.15, 0.2) is 24.8 Å². The fourth-order valence-electron chi connectivity index (χ4n) is 1.30. The summed E-state index contributed by atoms with van der Waals surface area (Å²) in [6, 6.07) is 5.36. The molecule has 1 N–H and O–H groups in total. The molecule has 1 rings (SSSR count). The van der Waals surface area contributed by atoms with Crippen molar-refractivity contribution in [3.05, 3.63) is 35.9 Å². The lowest BCUT2D eigenvalue weighted by Crippen LogP contribution is -2.02. The van der Waals surface area contributed by atoms with E-state index in [-0.39, 0.29) is 5.57 Å². The third kappa shape index (κ3) is 1.76. The van der Waals surface area contributed by atoms with Crippen LogP contribution in [0.5, 0.6) is 5.75 Å². The van der Waals surface area contributed by atoms with E-state index < -0.39 is 5.97 Å². The maximum Gasteiger partial charge on any atom is 0.335 e. The van der Waals surface area contributed by atoms with E-state index in [1.165, 1.54) is 7.11 Å². The summed E-state index contributed by atoms with van der Waals surface area (Å²) in [4.78, 5) is 10.8. The highest BCUT2D eigenvalue weighted by Gasteiger charge is 2.14. The molecule has 0 saturated heterocycles. The zero-order valence-electron chi connectivity index (χ0n) is 8.20. The number of aryl methyl sites for hydroxylation is 1. The highest BCUT2D eigenvalue weighted by molar-refractivity contribution is 6.15. The molecule has 0 aliphatic rings. The number of methoxy groups -OCH3 is 1. The lowest BCUT2D eigenvalue weighted by Gasteiger charge is -2.10. The van der Waals surface area contributed by atoms with Gasteiger partial charge in [-0.25, -0.2) is 4.79 Å². The predicted octanol–water partition coefficient (Wildman–Crippen LogP) is 2.10. The summed E-state index contributed by atoms with van der Waals surface area (Å²) in [5.74, 6) is -0.491. The van der Waals surface area contributed by atoms with E-state index in [1.807, 2.05) is 19.1 Å². The predicted molar refractivity (Wildman–Crippen MR) is 54.4 cm³/mol. The van der Waals surface area contributed by atoms with Gasteiger partial charge in [0.05, 0.1) is 12.7 Å². The molecule has 0 fully saturated rings. The van der Waals surface area contributed by atoms with Gasteiger partial charge in [0.15, 0.2) is 0 Å². The highest BCUT2D eigenvalue weighted by Crippen LogP contribution is 2.28. The first-order valence-electron chi connectivity index (χ1n) is 4.14. The van der Waals surface area contributed by atoms with Crippen LogP contribution in [-0.4, -0.2) is 18.2 Å². The van der Waals surface area contributed by atoms with Gasteiger partial charge in [-0.1, -0.05) is 18.7 Å². The number of hydrogen-bond acceptors (Lipinski definition) is 2. The fraction of sp³-hybridized carbons (Fsp3) is 0.182. The van der Waals surface area contributed by atoms with Gasteiger partial charge in [0, 0.05) is 5.56 Å². The van der Waals surface area contributed by atoms with Gasteiger partial charge in [-0.15, -0.1) is 0 Å². The van der Waals surface area contributed by atoms with E-state index >= 15 is 0 Å². The Hall–Kier alpha value is -1.77. The van der Waals surface area contributed by atoms with Crippen LogP contribution in [0.2, 0.25) is 0 Å². The Morgan fingerprint density at radius 1 is 1.50 bits per heavy atom. The van der Waals surface area contributed by atoms with E-state index in [0.717, 1.165) is 5.56 Å². The normalized spacial score (nSPS) is 9.57. The van der Waals surface area contributed by atoms with Crippen molar-refractivity contribution in [1.82, 2.24) is 0 Å². The Morgan fingerprint density at radius 3 is 2.64 bits per heavy atom. The van der Waals surface area contributed by atoms with Crippen molar-refractivity contribution in [3.63, 3.8) is 0 Å². The van der Waals surface area contributed by atoms with E-state index in [1.54, 1.807) is 6.07 Å². The number of carboxylic acids is 1. The van der Waals surface area contributed by atoms with Crippen LogP contribution in [0.1, 0.15) is 11.1 Å². The van der Waals surface area contributed by atoms with Gasteiger partial charge in [0.25, 0.3) is 0 Å². The first-order chi connectivity index (χ1) is 6.57. The highest BCUT2D eigenvalue weighted by atomic mass is 16.5. The van der Waals surface area contributed by atoms with Gasteiger partial charge in [0.1, 0.15) is 5.75 Å². The molecular weight excluding hydrogens is 180 g/mol. The SMILES string of the molecule is C=C(C(=O)O)c1c(C)cccc1OC. The summed E-state index contributed by atoms with van der Waals surface area (Å²) >= 11 is 0.